The normalized spacial score (nSPS) is 29.0. The van der Waals surface area contributed by atoms with E-state index in [2.05, 4.69) is 33.8 Å². The molecule has 3 aliphatic rings. The van der Waals surface area contributed by atoms with Crippen molar-refractivity contribution in [2.45, 2.75) is 36.4 Å². The summed E-state index contributed by atoms with van der Waals surface area (Å²) in [5, 5.41) is 39.0. The zero-order valence-electron chi connectivity index (χ0n) is 21.4. The largest absolute Gasteiger partial charge is 0.756 e. The number of anilines is 1. The molecule has 2 aromatic heterocycles. The van der Waals surface area contributed by atoms with Crippen molar-refractivity contribution >= 4 is 38.6 Å². The van der Waals surface area contributed by atoms with E-state index in [0.29, 0.717) is 12.2 Å². The van der Waals surface area contributed by atoms with Gasteiger partial charge >= 0.3 is 25.3 Å². The van der Waals surface area contributed by atoms with Gasteiger partial charge in [-0.05, 0) is 10.6 Å². The van der Waals surface area contributed by atoms with Crippen LogP contribution >= 0.6 is 15.6 Å². The van der Waals surface area contributed by atoms with Gasteiger partial charge < -0.3 is 39.1 Å². The van der Waals surface area contributed by atoms with E-state index in [1.54, 1.807) is 0 Å². The van der Waals surface area contributed by atoms with Crippen LogP contribution < -0.4 is 10.6 Å². The molecule has 3 unspecified atom stereocenters. The van der Waals surface area contributed by atoms with Crippen molar-refractivity contribution in [3.63, 3.8) is 0 Å². The van der Waals surface area contributed by atoms with Gasteiger partial charge in [0.2, 0.25) is 5.95 Å². The van der Waals surface area contributed by atoms with Gasteiger partial charge in [-0.25, -0.2) is 23.8 Å². The van der Waals surface area contributed by atoms with Gasteiger partial charge in [-0.3, -0.25) is 39.5 Å². The highest BCUT2D eigenvalue weighted by molar-refractivity contribution is 7.60. The Labute approximate surface area is 244 Å². The van der Waals surface area contributed by atoms with Crippen molar-refractivity contribution in [2.75, 3.05) is 12.3 Å². The van der Waals surface area contributed by atoms with E-state index < -0.39 is 90.7 Å². The number of nitrogen functional groups attached to an aromatic ring is 1. The zero-order valence-corrected chi connectivity index (χ0v) is 23.2. The number of aromatic nitrogens is 4. The zero-order chi connectivity index (χ0) is 33.1. The quantitative estimate of drug-likeness (QED) is 0.0698. The number of allylic oxidation sites excluding steroid dienone is 1. The van der Waals surface area contributed by atoms with E-state index in [-0.39, 0.29) is 17.0 Å². The Bertz CT molecular complexity index is 1840. The van der Waals surface area contributed by atoms with Crippen LogP contribution in [-0.4, -0.2) is 80.8 Å². The van der Waals surface area contributed by atoms with Crippen LogP contribution in [0.15, 0.2) is 35.0 Å². The van der Waals surface area contributed by atoms with E-state index in [1.165, 1.54) is 0 Å². The third-order valence-electron chi connectivity index (χ3n) is 6.38. The van der Waals surface area contributed by atoms with Crippen LogP contribution in [0.1, 0.15) is 6.23 Å². The van der Waals surface area contributed by atoms with Crippen molar-refractivity contribution in [3.8, 4) is 0 Å². The van der Waals surface area contributed by atoms with Crippen LogP contribution in [0.5, 0.6) is 0 Å². The van der Waals surface area contributed by atoms with Crippen molar-refractivity contribution in [1.82, 2.24) is 19.5 Å². The number of rotatable bonds is 10. The van der Waals surface area contributed by atoms with Crippen LogP contribution in [-0.2, 0) is 32.2 Å². The van der Waals surface area contributed by atoms with Crippen LogP contribution in [0.3, 0.4) is 0 Å². The first kappa shape index (κ1) is 31.9. The van der Waals surface area contributed by atoms with Gasteiger partial charge in [0.05, 0.1) is 28.6 Å². The molecule has 1 spiro atoms. The lowest BCUT2D eigenvalue weighted by molar-refractivity contribution is -0.569. The molecule has 0 radical (unpaired) electrons. The Morgan fingerprint density at radius 1 is 1.18 bits per heavy atom. The summed E-state index contributed by atoms with van der Waals surface area (Å²) in [5.74, 6) is -3.79. The summed E-state index contributed by atoms with van der Waals surface area (Å²) in [6, 6.07) is -2.45. The highest BCUT2D eigenvalue weighted by Gasteiger charge is 2.72. The molecule has 5 rings (SSSR count). The molecule has 2 aromatic rings. The number of ether oxygens (including phenoxy) is 3. The van der Waals surface area contributed by atoms with Crippen molar-refractivity contribution in [1.29, 1.82) is 0 Å². The summed E-state index contributed by atoms with van der Waals surface area (Å²) in [7, 11) is -11.4. The summed E-state index contributed by atoms with van der Waals surface area (Å²) in [6.45, 7) is -1.21. The van der Waals surface area contributed by atoms with E-state index in [9.17, 15) is 44.4 Å². The van der Waals surface area contributed by atoms with Crippen molar-refractivity contribution in [3.05, 3.63) is 70.7 Å². The predicted octanol–water partition coefficient (Wildman–Crippen LogP) is -0.698. The summed E-state index contributed by atoms with van der Waals surface area (Å²) >= 11 is 0. The average Bonchev–Trinajstić information content (AvgIpc) is 3.57. The minimum absolute atomic E-state index is 0.169. The topological polar surface area (TPSA) is 392 Å². The molecule has 0 saturated carbocycles. The number of imidazole rings is 1. The smallest absolute Gasteiger partial charge is 0.476 e. The van der Waals surface area contributed by atoms with E-state index in [4.69, 9.17) is 35.3 Å². The van der Waals surface area contributed by atoms with Gasteiger partial charge in [0.1, 0.15) is 24.6 Å². The predicted molar refractivity (Wildman–Crippen MR) is 133 cm³/mol. The number of hydrogen-bond donors (Lipinski definition) is 3. The summed E-state index contributed by atoms with van der Waals surface area (Å²) < 4.78 is 49.4. The summed E-state index contributed by atoms with van der Waals surface area (Å²) in [6.07, 6.45) is -5.35. The molecule has 1 aliphatic carbocycles. The first-order chi connectivity index (χ1) is 21.0. The number of fused-ring (bicyclic) bond motifs is 2. The van der Waals surface area contributed by atoms with Gasteiger partial charge in [0.15, 0.2) is 23.2 Å². The Hall–Kier alpha value is -4.52. The molecule has 240 valence electrons. The second-order valence-electron chi connectivity index (χ2n) is 8.98. The molecule has 2 fully saturated rings. The molecular weight excluding hydrogens is 664 g/mol. The van der Waals surface area contributed by atoms with Crippen molar-refractivity contribution in [2.24, 2.45) is 5.11 Å². The van der Waals surface area contributed by atoms with Gasteiger partial charge in [-0.1, -0.05) is 0 Å². The number of phosphoric acid groups is 2. The fourth-order valence-corrected chi connectivity index (χ4v) is 6.35. The average molecular weight is 678 g/mol. The highest BCUT2D eigenvalue weighted by atomic mass is 31.3. The molecule has 29 heteroatoms. The summed E-state index contributed by atoms with van der Waals surface area (Å²) in [4.78, 5) is 76.2. The standard InChI is InChI=1S/C16H15N11O16P2/c17-12-9-13(20-4-19-12)24(15(21-9)22-23-18)14-11-10(6(40-14)3-39-45(37,38)43-44(34,35)36)41-16(42-11)7(26(30)31)1-5(25(28)29)2-8(16)27(32)33/h1-2,4,6-7,10-11,14H,3H2,(H,37,38)(H2,17,19,20)(H2,34,35,36)/p-1/t6-,7?,10-,11-,14-,16?/m1/s1. The molecule has 4 heterocycles. The van der Waals surface area contributed by atoms with Crippen LogP contribution in [0, 0.1) is 30.3 Å². The Morgan fingerprint density at radius 3 is 2.47 bits per heavy atom. The number of nitro groups is 3. The Kier molecular flexibility index (Phi) is 7.89. The Morgan fingerprint density at radius 2 is 1.87 bits per heavy atom. The molecule has 0 bridgehead atoms. The van der Waals surface area contributed by atoms with Crippen LogP contribution in [0.2, 0.25) is 0 Å². The number of hydrogen-bond acceptors (Lipinski definition) is 19. The second kappa shape index (κ2) is 11.1. The van der Waals surface area contributed by atoms with Crippen molar-refractivity contribution < 1.29 is 61.6 Å². The molecule has 7 atom stereocenters. The fraction of sp³-hybridized carbons (Fsp3) is 0.438. The monoisotopic (exact) mass is 678 g/mol. The van der Waals surface area contributed by atoms with Gasteiger partial charge in [0.25, 0.3) is 13.5 Å². The minimum atomic E-state index is -5.79. The number of nitrogens with zero attached hydrogens (tertiary/aromatic N) is 10. The van der Waals surface area contributed by atoms with E-state index in [1.807, 2.05) is 0 Å². The molecule has 4 N–H and O–H groups in total. The third kappa shape index (κ3) is 5.72. The maximum absolute atomic E-state index is 12.1. The molecule has 2 aliphatic heterocycles. The lowest BCUT2D eigenvalue weighted by atomic mass is 9.96. The van der Waals surface area contributed by atoms with Gasteiger partial charge in [-0.2, -0.15) is 0 Å². The SMILES string of the molecule is [N-]=[N+]=Nc1nc2c(N)ncnc2n1[C@@H]1O[C@H](COP(=O)([O-])OP(=O)(O)O)[C@H]2OC3(O[C@H]21)C([N+](=O)[O-])=CC([N+](=O)[O-])=CC3[N+](=O)[O-]. The molecule has 0 aromatic carbocycles. The minimum Gasteiger partial charge on any atom is -0.756 e. The van der Waals surface area contributed by atoms with Crippen LogP contribution in [0.25, 0.3) is 21.6 Å². The maximum Gasteiger partial charge on any atom is 0.476 e. The fourth-order valence-electron chi connectivity index (χ4n) is 4.79. The second-order valence-corrected chi connectivity index (χ2v) is 11.8. The summed E-state index contributed by atoms with van der Waals surface area (Å²) in [5.41, 5.74) is 12.2. The lowest BCUT2D eigenvalue weighted by Crippen LogP contribution is -2.53. The van der Waals surface area contributed by atoms with Crippen LogP contribution in [0.4, 0.5) is 11.8 Å². The highest BCUT2D eigenvalue weighted by Crippen LogP contribution is 2.56. The molecule has 27 nitrogen and oxygen atoms in total. The van der Waals surface area contributed by atoms with Gasteiger partial charge in [-0.15, -0.1) is 0 Å². The first-order valence-electron chi connectivity index (χ1n) is 11.6. The maximum atomic E-state index is 12.1. The number of azide groups is 1. The van der Waals surface area contributed by atoms with E-state index in [0.717, 1.165) is 10.9 Å². The molecule has 0 amide bonds. The van der Waals surface area contributed by atoms with E-state index >= 15 is 0 Å². The lowest BCUT2D eigenvalue weighted by Gasteiger charge is -2.31. The molecule has 2 saturated heterocycles. The number of nitrogens with two attached hydrogens (primary N) is 1. The van der Waals surface area contributed by atoms with Gasteiger partial charge in [0, 0.05) is 9.84 Å². The first-order valence-corrected chi connectivity index (χ1v) is 14.6. The Balaban J connectivity index is 1.65. The molecular formula is C16H14N11O16P2-. The molecule has 45 heavy (non-hydrogen) atoms. The third-order valence-corrected chi connectivity index (χ3v) is 8.50. The number of phosphoric ester groups is 1.